The molecule has 0 aromatic carbocycles. The molecule has 0 aromatic heterocycles. The van der Waals surface area contributed by atoms with E-state index in [1.807, 2.05) is 0 Å². The van der Waals surface area contributed by atoms with E-state index in [2.05, 4.69) is 26.0 Å². The van der Waals surface area contributed by atoms with E-state index in [4.69, 9.17) is 9.47 Å². The quantitative estimate of drug-likeness (QED) is 0.459. The van der Waals surface area contributed by atoms with E-state index >= 15 is 0 Å². The number of ether oxygens (including phenoxy) is 2. The van der Waals surface area contributed by atoms with Crippen molar-refractivity contribution in [2.75, 3.05) is 13.2 Å². The van der Waals surface area contributed by atoms with Gasteiger partial charge in [0.25, 0.3) is 0 Å². The molecule has 150 valence electrons. The molecule has 2 unspecified atom stereocenters. The SMILES string of the molecule is C/C=C/CCC1(C2CCCCC2C2CCC(CCC)CC2)OCCCO1. The first-order valence-corrected chi connectivity index (χ1v) is 11.7. The minimum absolute atomic E-state index is 0.289. The first-order valence-electron chi connectivity index (χ1n) is 11.7. The molecule has 0 N–H and O–H groups in total. The molecule has 2 nitrogen and oxygen atoms in total. The van der Waals surface area contributed by atoms with Crippen LogP contribution in [0.1, 0.15) is 97.3 Å². The second-order valence-corrected chi connectivity index (χ2v) is 9.09. The summed E-state index contributed by atoms with van der Waals surface area (Å²) < 4.78 is 13.0. The van der Waals surface area contributed by atoms with Gasteiger partial charge in [-0.1, -0.05) is 57.6 Å². The van der Waals surface area contributed by atoms with Gasteiger partial charge in [-0.05, 0) is 63.2 Å². The summed E-state index contributed by atoms with van der Waals surface area (Å²) in [6.07, 6.45) is 21.8. The van der Waals surface area contributed by atoms with Crippen LogP contribution in [0.3, 0.4) is 0 Å². The molecule has 1 aliphatic heterocycles. The maximum Gasteiger partial charge on any atom is 0.171 e. The Balaban J connectivity index is 1.69. The summed E-state index contributed by atoms with van der Waals surface area (Å²) in [4.78, 5) is 0. The van der Waals surface area contributed by atoms with Crippen molar-refractivity contribution in [2.24, 2.45) is 23.7 Å². The molecule has 0 amide bonds. The molecule has 2 heteroatoms. The number of allylic oxidation sites excluding steroid dienone is 2. The van der Waals surface area contributed by atoms with Gasteiger partial charge in [0.1, 0.15) is 0 Å². The summed E-state index contributed by atoms with van der Waals surface area (Å²) in [6, 6.07) is 0. The summed E-state index contributed by atoms with van der Waals surface area (Å²) in [5.74, 6) is 3.08. The van der Waals surface area contributed by atoms with Crippen molar-refractivity contribution < 1.29 is 9.47 Å². The summed E-state index contributed by atoms with van der Waals surface area (Å²) in [5, 5.41) is 0. The minimum Gasteiger partial charge on any atom is -0.350 e. The maximum absolute atomic E-state index is 6.48. The summed E-state index contributed by atoms with van der Waals surface area (Å²) in [7, 11) is 0. The van der Waals surface area contributed by atoms with E-state index < -0.39 is 0 Å². The van der Waals surface area contributed by atoms with Gasteiger partial charge in [-0.25, -0.2) is 0 Å². The molecule has 0 bridgehead atoms. The predicted octanol–water partition coefficient (Wildman–Crippen LogP) is 6.89. The van der Waals surface area contributed by atoms with Crippen molar-refractivity contribution in [3.05, 3.63) is 12.2 Å². The normalized spacial score (nSPS) is 35.6. The maximum atomic E-state index is 6.48. The molecule has 0 aromatic rings. The molecular formula is C24H42O2. The fourth-order valence-corrected chi connectivity index (χ4v) is 6.17. The van der Waals surface area contributed by atoms with Crippen molar-refractivity contribution in [3.8, 4) is 0 Å². The van der Waals surface area contributed by atoms with Gasteiger partial charge in [-0.15, -0.1) is 0 Å². The van der Waals surface area contributed by atoms with E-state index in [1.54, 1.807) is 0 Å². The molecule has 0 spiro atoms. The van der Waals surface area contributed by atoms with Crippen LogP contribution in [0.5, 0.6) is 0 Å². The van der Waals surface area contributed by atoms with Gasteiger partial charge in [0.2, 0.25) is 0 Å². The molecule has 1 heterocycles. The fraction of sp³-hybridized carbons (Fsp3) is 0.917. The number of rotatable bonds is 7. The van der Waals surface area contributed by atoms with E-state index in [0.717, 1.165) is 50.2 Å². The second kappa shape index (κ2) is 10.3. The highest BCUT2D eigenvalue weighted by atomic mass is 16.7. The van der Waals surface area contributed by atoms with E-state index in [0.29, 0.717) is 5.92 Å². The first-order chi connectivity index (χ1) is 12.8. The van der Waals surface area contributed by atoms with Crippen molar-refractivity contribution in [3.63, 3.8) is 0 Å². The molecule has 2 atom stereocenters. The van der Waals surface area contributed by atoms with Crippen LogP contribution in [0.25, 0.3) is 0 Å². The van der Waals surface area contributed by atoms with Crippen LogP contribution < -0.4 is 0 Å². The molecule has 26 heavy (non-hydrogen) atoms. The van der Waals surface area contributed by atoms with Crippen molar-refractivity contribution in [1.82, 2.24) is 0 Å². The Kier molecular flexibility index (Phi) is 8.06. The third-order valence-corrected chi connectivity index (χ3v) is 7.45. The monoisotopic (exact) mass is 362 g/mol. The van der Waals surface area contributed by atoms with Crippen molar-refractivity contribution in [2.45, 2.75) is 103 Å². The zero-order chi connectivity index (χ0) is 18.2. The van der Waals surface area contributed by atoms with E-state index in [1.165, 1.54) is 64.2 Å². The summed E-state index contributed by atoms with van der Waals surface area (Å²) in [5.41, 5.74) is 0. The lowest BCUT2D eigenvalue weighted by atomic mass is 9.63. The van der Waals surface area contributed by atoms with Crippen LogP contribution in [0.15, 0.2) is 12.2 Å². The van der Waals surface area contributed by atoms with Gasteiger partial charge in [-0.2, -0.15) is 0 Å². The molecular weight excluding hydrogens is 320 g/mol. The predicted molar refractivity (Wildman–Crippen MR) is 109 cm³/mol. The van der Waals surface area contributed by atoms with Gasteiger partial charge in [0.15, 0.2) is 5.79 Å². The molecule has 2 saturated carbocycles. The van der Waals surface area contributed by atoms with Crippen LogP contribution in [0.2, 0.25) is 0 Å². The lowest BCUT2D eigenvalue weighted by Crippen LogP contribution is -2.52. The summed E-state index contributed by atoms with van der Waals surface area (Å²) in [6.45, 7) is 6.24. The average Bonchev–Trinajstić information content (AvgIpc) is 2.70. The minimum atomic E-state index is -0.289. The Morgan fingerprint density at radius 2 is 1.65 bits per heavy atom. The highest BCUT2D eigenvalue weighted by Crippen LogP contribution is 2.50. The van der Waals surface area contributed by atoms with Gasteiger partial charge in [-0.3, -0.25) is 0 Å². The molecule has 3 aliphatic rings. The number of hydrogen-bond donors (Lipinski definition) is 0. The smallest absolute Gasteiger partial charge is 0.171 e. The number of hydrogen-bond acceptors (Lipinski definition) is 2. The first kappa shape index (κ1) is 20.4. The second-order valence-electron chi connectivity index (χ2n) is 9.09. The topological polar surface area (TPSA) is 18.5 Å². The lowest BCUT2D eigenvalue weighted by Gasteiger charge is -2.50. The highest BCUT2D eigenvalue weighted by molar-refractivity contribution is 4.94. The van der Waals surface area contributed by atoms with Crippen LogP contribution in [-0.2, 0) is 9.47 Å². The highest BCUT2D eigenvalue weighted by Gasteiger charge is 2.48. The van der Waals surface area contributed by atoms with E-state index in [9.17, 15) is 0 Å². The van der Waals surface area contributed by atoms with Gasteiger partial charge < -0.3 is 9.47 Å². The van der Waals surface area contributed by atoms with Crippen LogP contribution in [-0.4, -0.2) is 19.0 Å². The Hall–Kier alpha value is -0.340. The standard InChI is InChI=1S/C24H42O2/c1-3-5-8-17-24(25-18-9-19-26-24)23-12-7-6-11-22(23)21-15-13-20(10-4-2)14-16-21/h3,5,20-23H,4,6-19H2,1-2H3/b5-3+. The van der Waals surface area contributed by atoms with Gasteiger partial charge in [0, 0.05) is 12.3 Å². The fourth-order valence-electron chi connectivity index (χ4n) is 6.17. The van der Waals surface area contributed by atoms with Gasteiger partial charge in [0.05, 0.1) is 13.2 Å². The van der Waals surface area contributed by atoms with Crippen LogP contribution in [0.4, 0.5) is 0 Å². The Bertz CT molecular complexity index is 416. The molecule has 3 fully saturated rings. The van der Waals surface area contributed by atoms with Crippen LogP contribution >= 0.6 is 0 Å². The Morgan fingerprint density at radius 3 is 2.35 bits per heavy atom. The zero-order valence-electron chi connectivity index (χ0n) is 17.4. The van der Waals surface area contributed by atoms with Crippen LogP contribution in [0, 0.1) is 23.7 Å². The largest absolute Gasteiger partial charge is 0.350 e. The zero-order valence-corrected chi connectivity index (χ0v) is 17.4. The van der Waals surface area contributed by atoms with Crippen molar-refractivity contribution in [1.29, 1.82) is 0 Å². The summed E-state index contributed by atoms with van der Waals surface area (Å²) >= 11 is 0. The lowest BCUT2D eigenvalue weighted by molar-refractivity contribution is -0.311. The van der Waals surface area contributed by atoms with Gasteiger partial charge >= 0.3 is 0 Å². The third-order valence-electron chi connectivity index (χ3n) is 7.45. The molecule has 0 radical (unpaired) electrons. The Labute approximate surface area is 162 Å². The third kappa shape index (κ3) is 4.93. The van der Waals surface area contributed by atoms with E-state index in [-0.39, 0.29) is 5.79 Å². The van der Waals surface area contributed by atoms with Crippen molar-refractivity contribution >= 4 is 0 Å². The molecule has 3 rings (SSSR count). The Morgan fingerprint density at radius 1 is 0.923 bits per heavy atom. The molecule has 2 aliphatic carbocycles. The average molecular weight is 363 g/mol. The molecule has 1 saturated heterocycles.